The minimum Gasteiger partial charge on any atom is -0.480 e. The normalized spacial score (nSPS) is 11.6. The third-order valence-electron chi connectivity index (χ3n) is 3.60. The first kappa shape index (κ1) is 18.1. The first-order chi connectivity index (χ1) is 11.9. The summed E-state index contributed by atoms with van der Waals surface area (Å²) in [6.07, 6.45) is -0.320. The molecule has 2 aromatic rings. The first-order valence-electron chi connectivity index (χ1n) is 7.55. The van der Waals surface area contributed by atoms with Crippen LogP contribution in [0.3, 0.4) is 0 Å². The second kappa shape index (κ2) is 8.05. The standard InChI is InChI=1S/C18H17FN2O4/c19-14-10-12(6-7-13(14)11-4-2-1-3-5-11)17(23)21-15(18(24)25)8-9-16(20)22/h1-7,10,15H,8-9H2,(H2,20,22)(H,21,23)(H,24,25)/t15-/m0/s1. The van der Waals surface area contributed by atoms with E-state index in [1.165, 1.54) is 12.1 Å². The maximum atomic E-state index is 14.3. The van der Waals surface area contributed by atoms with Gasteiger partial charge in [-0.25, -0.2) is 9.18 Å². The molecular weight excluding hydrogens is 327 g/mol. The zero-order chi connectivity index (χ0) is 18.4. The van der Waals surface area contributed by atoms with Crippen molar-refractivity contribution in [3.63, 3.8) is 0 Å². The van der Waals surface area contributed by atoms with Crippen molar-refractivity contribution in [2.45, 2.75) is 18.9 Å². The third kappa shape index (κ3) is 4.87. The minimum absolute atomic E-state index is 0.0116. The van der Waals surface area contributed by atoms with Crippen molar-refractivity contribution in [2.75, 3.05) is 0 Å². The molecule has 0 unspecified atom stereocenters. The van der Waals surface area contributed by atoms with E-state index in [0.29, 0.717) is 11.1 Å². The van der Waals surface area contributed by atoms with E-state index in [2.05, 4.69) is 5.32 Å². The highest BCUT2D eigenvalue weighted by Crippen LogP contribution is 2.23. The van der Waals surface area contributed by atoms with Crippen LogP contribution in [0.15, 0.2) is 48.5 Å². The Morgan fingerprint density at radius 2 is 1.80 bits per heavy atom. The molecule has 2 rings (SSSR count). The summed E-state index contributed by atoms with van der Waals surface area (Å²) in [6.45, 7) is 0. The smallest absolute Gasteiger partial charge is 0.326 e. The Kier molecular flexibility index (Phi) is 5.84. The maximum Gasteiger partial charge on any atom is 0.326 e. The molecular formula is C18H17FN2O4. The molecule has 0 radical (unpaired) electrons. The van der Waals surface area contributed by atoms with Crippen molar-refractivity contribution in [1.29, 1.82) is 0 Å². The molecule has 0 bridgehead atoms. The molecule has 6 nitrogen and oxygen atoms in total. The average molecular weight is 344 g/mol. The number of carboxylic acids is 1. The Bertz CT molecular complexity index is 793. The summed E-state index contributed by atoms with van der Waals surface area (Å²) >= 11 is 0. The number of carboxylic acid groups (broad SMARTS) is 1. The van der Waals surface area contributed by atoms with Crippen molar-refractivity contribution >= 4 is 17.8 Å². The van der Waals surface area contributed by atoms with Crippen molar-refractivity contribution < 1.29 is 23.9 Å². The van der Waals surface area contributed by atoms with E-state index in [-0.39, 0.29) is 18.4 Å². The quantitative estimate of drug-likeness (QED) is 0.713. The van der Waals surface area contributed by atoms with Crippen LogP contribution >= 0.6 is 0 Å². The Labute approximate surface area is 143 Å². The van der Waals surface area contributed by atoms with Crippen LogP contribution in [0.5, 0.6) is 0 Å². The molecule has 1 atom stereocenters. The molecule has 7 heteroatoms. The third-order valence-corrected chi connectivity index (χ3v) is 3.60. The summed E-state index contributed by atoms with van der Waals surface area (Å²) in [5, 5.41) is 11.4. The van der Waals surface area contributed by atoms with Crippen molar-refractivity contribution in [1.82, 2.24) is 5.32 Å². The molecule has 0 aliphatic rings. The molecule has 25 heavy (non-hydrogen) atoms. The Morgan fingerprint density at radius 1 is 1.12 bits per heavy atom. The summed E-state index contributed by atoms with van der Waals surface area (Å²) < 4.78 is 14.3. The van der Waals surface area contributed by atoms with Crippen LogP contribution in [0, 0.1) is 5.82 Å². The van der Waals surface area contributed by atoms with Crippen LogP contribution in [-0.4, -0.2) is 28.9 Å². The molecule has 0 spiro atoms. The van der Waals surface area contributed by atoms with Gasteiger partial charge < -0.3 is 16.2 Å². The predicted molar refractivity (Wildman–Crippen MR) is 89.2 cm³/mol. The monoisotopic (exact) mass is 344 g/mol. The van der Waals surface area contributed by atoms with Gasteiger partial charge in [0.25, 0.3) is 5.91 Å². The van der Waals surface area contributed by atoms with Crippen molar-refractivity contribution in [3.05, 3.63) is 59.9 Å². The van der Waals surface area contributed by atoms with E-state index in [4.69, 9.17) is 10.8 Å². The average Bonchev–Trinajstić information content (AvgIpc) is 2.58. The molecule has 2 aromatic carbocycles. The molecule has 2 amide bonds. The van der Waals surface area contributed by atoms with Crippen LogP contribution in [0.25, 0.3) is 11.1 Å². The van der Waals surface area contributed by atoms with Gasteiger partial charge in [-0.2, -0.15) is 0 Å². The second-order valence-corrected chi connectivity index (χ2v) is 5.43. The van der Waals surface area contributed by atoms with E-state index < -0.39 is 29.6 Å². The van der Waals surface area contributed by atoms with Gasteiger partial charge in [0, 0.05) is 17.5 Å². The van der Waals surface area contributed by atoms with Gasteiger partial charge in [0.05, 0.1) is 0 Å². The van der Waals surface area contributed by atoms with Crippen LogP contribution in [0.4, 0.5) is 4.39 Å². The zero-order valence-corrected chi connectivity index (χ0v) is 13.2. The second-order valence-electron chi connectivity index (χ2n) is 5.43. The fraction of sp³-hybridized carbons (Fsp3) is 0.167. The van der Waals surface area contributed by atoms with E-state index >= 15 is 0 Å². The summed E-state index contributed by atoms with van der Waals surface area (Å²) in [7, 11) is 0. The lowest BCUT2D eigenvalue weighted by Crippen LogP contribution is -2.41. The number of primary amides is 1. The molecule has 0 fully saturated rings. The van der Waals surface area contributed by atoms with Crippen molar-refractivity contribution in [2.24, 2.45) is 5.73 Å². The summed E-state index contributed by atoms with van der Waals surface area (Å²) in [5.74, 6) is -3.30. The van der Waals surface area contributed by atoms with E-state index in [0.717, 1.165) is 6.07 Å². The maximum absolute atomic E-state index is 14.3. The fourth-order valence-corrected chi connectivity index (χ4v) is 2.29. The van der Waals surface area contributed by atoms with E-state index in [9.17, 15) is 18.8 Å². The number of benzene rings is 2. The SMILES string of the molecule is NC(=O)CC[C@H](NC(=O)c1ccc(-c2ccccc2)c(F)c1)C(=O)O. The first-order valence-corrected chi connectivity index (χ1v) is 7.55. The fourth-order valence-electron chi connectivity index (χ4n) is 2.29. The Balaban J connectivity index is 2.15. The summed E-state index contributed by atoms with van der Waals surface area (Å²) in [6, 6.07) is 11.5. The van der Waals surface area contributed by atoms with Gasteiger partial charge in [-0.15, -0.1) is 0 Å². The highest BCUT2D eigenvalue weighted by Gasteiger charge is 2.21. The van der Waals surface area contributed by atoms with E-state index in [1.54, 1.807) is 30.3 Å². The Hall–Kier alpha value is -3.22. The van der Waals surface area contributed by atoms with Crippen LogP contribution in [0.1, 0.15) is 23.2 Å². The number of hydrogen-bond donors (Lipinski definition) is 3. The number of carbonyl (C=O) groups excluding carboxylic acids is 2. The van der Waals surface area contributed by atoms with Gasteiger partial charge >= 0.3 is 5.97 Å². The number of rotatable bonds is 7. The van der Waals surface area contributed by atoms with Gasteiger partial charge in [-0.05, 0) is 24.1 Å². The van der Waals surface area contributed by atoms with Gasteiger partial charge in [0.1, 0.15) is 11.9 Å². The van der Waals surface area contributed by atoms with Gasteiger partial charge in [0.15, 0.2) is 0 Å². The molecule has 130 valence electrons. The van der Waals surface area contributed by atoms with Crippen LogP contribution in [0.2, 0.25) is 0 Å². The lowest BCUT2D eigenvalue weighted by molar-refractivity contribution is -0.139. The molecule has 0 aliphatic heterocycles. The lowest BCUT2D eigenvalue weighted by Gasteiger charge is -2.14. The predicted octanol–water partition coefficient (Wildman–Crippen LogP) is 1.94. The molecule has 0 saturated carbocycles. The number of nitrogens with two attached hydrogens (primary N) is 1. The topological polar surface area (TPSA) is 109 Å². The molecule has 0 aliphatic carbocycles. The Morgan fingerprint density at radius 3 is 2.36 bits per heavy atom. The number of carbonyl (C=O) groups is 3. The zero-order valence-electron chi connectivity index (χ0n) is 13.2. The molecule has 0 aromatic heterocycles. The highest BCUT2D eigenvalue weighted by atomic mass is 19.1. The number of hydrogen-bond acceptors (Lipinski definition) is 3. The largest absolute Gasteiger partial charge is 0.480 e. The lowest BCUT2D eigenvalue weighted by atomic mass is 10.0. The number of nitrogens with one attached hydrogen (secondary N) is 1. The van der Waals surface area contributed by atoms with Crippen LogP contribution < -0.4 is 11.1 Å². The molecule has 0 saturated heterocycles. The highest BCUT2D eigenvalue weighted by molar-refractivity contribution is 5.97. The van der Waals surface area contributed by atoms with Crippen molar-refractivity contribution in [3.8, 4) is 11.1 Å². The number of aliphatic carboxylic acids is 1. The van der Waals surface area contributed by atoms with Gasteiger partial charge in [-0.1, -0.05) is 36.4 Å². The van der Waals surface area contributed by atoms with E-state index in [1.807, 2.05) is 0 Å². The minimum atomic E-state index is -1.30. The number of halogens is 1. The van der Waals surface area contributed by atoms with Gasteiger partial charge in [-0.3, -0.25) is 9.59 Å². The molecule has 0 heterocycles. The number of amides is 2. The van der Waals surface area contributed by atoms with Crippen LogP contribution in [-0.2, 0) is 9.59 Å². The summed E-state index contributed by atoms with van der Waals surface area (Å²) in [4.78, 5) is 34.1. The summed E-state index contributed by atoms with van der Waals surface area (Å²) in [5.41, 5.74) is 5.97. The van der Waals surface area contributed by atoms with Gasteiger partial charge in [0.2, 0.25) is 5.91 Å². The molecule has 4 N–H and O–H groups in total.